The molecule has 1 heteroatoms. The van der Waals surface area contributed by atoms with Gasteiger partial charge in [-0.1, -0.05) is 50.3 Å². The fourth-order valence-electron chi connectivity index (χ4n) is 1.19. The summed E-state index contributed by atoms with van der Waals surface area (Å²) in [5, 5.41) is 3.33. The molecule has 0 radical (unpaired) electrons. The van der Waals surface area contributed by atoms with Crippen molar-refractivity contribution in [1.29, 1.82) is 0 Å². The summed E-state index contributed by atoms with van der Waals surface area (Å²) in [5.74, 6) is 6.98. The van der Waals surface area contributed by atoms with Gasteiger partial charge in [-0.15, -0.1) is 0 Å². The summed E-state index contributed by atoms with van der Waals surface area (Å²) >= 11 is 0. The Balaban J connectivity index is 2.23. The van der Waals surface area contributed by atoms with Gasteiger partial charge in [-0.25, -0.2) is 0 Å². The van der Waals surface area contributed by atoms with Crippen LogP contribution in [-0.2, 0) is 0 Å². The van der Waals surface area contributed by atoms with E-state index in [9.17, 15) is 0 Å². The summed E-state index contributed by atoms with van der Waals surface area (Å²) < 4.78 is 0. The molecule has 0 aliphatic heterocycles. The highest BCUT2D eigenvalue weighted by Crippen LogP contribution is 1.96. The van der Waals surface area contributed by atoms with Crippen molar-refractivity contribution >= 4 is 0 Å². The molecule has 15 heavy (non-hydrogen) atoms. The van der Waals surface area contributed by atoms with E-state index in [0.29, 0.717) is 0 Å². The van der Waals surface area contributed by atoms with Gasteiger partial charge in [-0.05, 0) is 24.6 Å². The Morgan fingerprint density at radius 2 is 2.00 bits per heavy atom. The monoisotopic (exact) mass is 201 g/mol. The van der Waals surface area contributed by atoms with Gasteiger partial charge in [-0.2, -0.15) is 0 Å². The number of rotatable bonds is 4. The molecule has 1 N–H and O–H groups in total. The topological polar surface area (TPSA) is 12.0 Å². The molecule has 0 amide bonds. The average Bonchev–Trinajstić information content (AvgIpc) is 2.29. The summed E-state index contributed by atoms with van der Waals surface area (Å²) in [7, 11) is 0. The Morgan fingerprint density at radius 1 is 1.27 bits per heavy atom. The second kappa shape index (κ2) is 7.09. The first-order chi connectivity index (χ1) is 7.33. The highest BCUT2D eigenvalue weighted by molar-refractivity contribution is 5.33. The van der Waals surface area contributed by atoms with Crippen LogP contribution in [0, 0.1) is 17.8 Å². The van der Waals surface area contributed by atoms with E-state index in [1.165, 1.54) is 6.42 Å². The molecular formula is C14H19N. The molecule has 1 nitrogen and oxygen atoms in total. The van der Waals surface area contributed by atoms with E-state index in [0.717, 1.165) is 24.6 Å². The van der Waals surface area contributed by atoms with E-state index in [4.69, 9.17) is 0 Å². The molecule has 1 aromatic rings. The van der Waals surface area contributed by atoms with Crippen LogP contribution >= 0.6 is 0 Å². The lowest BCUT2D eigenvalue weighted by atomic mass is 10.1. The average molecular weight is 201 g/mol. The third-order valence-corrected chi connectivity index (χ3v) is 2.41. The first-order valence-electron chi connectivity index (χ1n) is 5.57. The molecule has 1 rings (SSSR count). The standard InChI is InChI=1S/C14H19N/c1-3-13(2)12-15-11-7-10-14-8-5-4-6-9-14/h4-6,8-9,13,15H,3,11-12H2,1-2H3. The van der Waals surface area contributed by atoms with Crippen LogP contribution in [0.25, 0.3) is 0 Å². The molecule has 0 bridgehead atoms. The van der Waals surface area contributed by atoms with Crippen LogP contribution in [0.5, 0.6) is 0 Å². The highest BCUT2D eigenvalue weighted by Gasteiger charge is 1.94. The van der Waals surface area contributed by atoms with Crippen LogP contribution in [0.1, 0.15) is 25.8 Å². The van der Waals surface area contributed by atoms with E-state index < -0.39 is 0 Å². The molecule has 0 fully saturated rings. The fourth-order valence-corrected chi connectivity index (χ4v) is 1.19. The minimum atomic E-state index is 0.739. The summed E-state index contributed by atoms with van der Waals surface area (Å²) in [6, 6.07) is 10.1. The van der Waals surface area contributed by atoms with Crippen molar-refractivity contribution in [3.8, 4) is 11.8 Å². The Bertz CT molecular complexity index is 318. The van der Waals surface area contributed by atoms with Gasteiger partial charge < -0.3 is 5.32 Å². The van der Waals surface area contributed by atoms with E-state index >= 15 is 0 Å². The maximum absolute atomic E-state index is 3.33. The van der Waals surface area contributed by atoms with Crippen molar-refractivity contribution in [3.05, 3.63) is 35.9 Å². The Hall–Kier alpha value is -1.26. The quantitative estimate of drug-likeness (QED) is 0.583. The van der Waals surface area contributed by atoms with E-state index in [2.05, 4.69) is 31.0 Å². The summed E-state index contributed by atoms with van der Waals surface area (Å²) in [6.45, 7) is 6.29. The van der Waals surface area contributed by atoms with Gasteiger partial charge in [0.05, 0.1) is 6.54 Å². The molecule has 1 aromatic carbocycles. The van der Waals surface area contributed by atoms with E-state index in [1.54, 1.807) is 0 Å². The molecule has 0 saturated heterocycles. The van der Waals surface area contributed by atoms with Gasteiger partial charge in [0.1, 0.15) is 0 Å². The summed E-state index contributed by atoms with van der Waals surface area (Å²) in [6.07, 6.45) is 1.22. The molecule has 0 aromatic heterocycles. The zero-order chi connectivity index (χ0) is 10.9. The summed E-state index contributed by atoms with van der Waals surface area (Å²) in [4.78, 5) is 0. The molecule has 0 spiro atoms. The lowest BCUT2D eigenvalue weighted by Gasteiger charge is -2.06. The smallest absolute Gasteiger partial charge is 0.0580 e. The van der Waals surface area contributed by atoms with Crippen LogP contribution in [0.4, 0.5) is 0 Å². The second-order valence-electron chi connectivity index (χ2n) is 3.81. The van der Waals surface area contributed by atoms with Crippen molar-refractivity contribution < 1.29 is 0 Å². The third-order valence-electron chi connectivity index (χ3n) is 2.41. The number of hydrogen-bond acceptors (Lipinski definition) is 1. The second-order valence-corrected chi connectivity index (χ2v) is 3.81. The van der Waals surface area contributed by atoms with Crippen LogP contribution in [0.3, 0.4) is 0 Å². The van der Waals surface area contributed by atoms with Gasteiger partial charge in [-0.3, -0.25) is 0 Å². The van der Waals surface area contributed by atoms with Crippen molar-refractivity contribution in [2.24, 2.45) is 5.92 Å². The van der Waals surface area contributed by atoms with Crippen LogP contribution < -0.4 is 5.32 Å². The van der Waals surface area contributed by atoms with Gasteiger partial charge in [0.25, 0.3) is 0 Å². The normalized spacial score (nSPS) is 11.6. The zero-order valence-electron chi connectivity index (χ0n) is 9.59. The predicted molar refractivity (Wildman–Crippen MR) is 65.6 cm³/mol. The molecule has 0 heterocycles. The Labute approximate surface area is 92.9 Å². The zero-order valence-corrected chi connectivity index (χ0v) is 9.59. The molecule has 0 saturated carbocycles. The Kier molecular flexibility index (Phi) is 5.58. The minimum Gasteiger partial charge on any atom is -0.306 e. The third kappa shape index (κ3) is 5.24. The van der Waals surface area contributed by atoms with Gasteiger partial charge in [0.2, 0.25) is 0 Å². The lowest BCUT2D eigenvalue weighted by Crippen LogP contribution is -2.20. The van der Waals surface area contributed by atoms with Crippen LogP contribution in [0.15, 0.2) is 30.3 Å². The molecule has 80 valence electrons. The minimum absolute atomic E-state index is 0.739. The SMILES string of the molecule is CCC(C)CNCC#Cc1ccccc1. The number of nitrogens with one attached hydrogen (secondary N) is 1. The molecular weight excluding hydrogens is 182 g/mol. The number of benzene rings is 1. The van der Waals surface area contributed by atoms with E-state index in [1.807, 2.05) is 30.3 Å². The van der Waals surface area contributed by atoms with Crippen LogP contribution in [0.2, 0.25) is 0 Å². The van der Waals surface area contributed by atoms with Gasteiger partial charge >= 0.3 is 0 Å². The lowest BCUT2D eigenvalue weighted by molar-refractivity contribution is 0.518. The Morgan fingerprint density at radius 3 is 2.67 bits per heavy atom. The predicted octanol–water partition coefficient (Wildman–Crippen LogP) is 2.67. The maximum atomic E-state index is 3.33. The largest absolute Gasteiger partial charge is 0.306 e. The van der Waals surface area contributed by atoms with Crippen molar-refractivity contribution in [1.82, 2.24) is 5.32 Å². The molecule has 0 aliphatic carbocycles. The van der Waals surface area contributed by atoms with E-state index in [-0.39, 0.29) is 0 Å². The number of hydrogen-bond donors (Lipinski definition) is 1. The van der Waals surface area contributed by atoms with Crippen molar-refractivity contribution in [3.63, 3.8) is 0 Å². The first-order valence-corrected chi connectivity index (χ1v) is 5.57. The summed E-state index contributed by atoms with van der Waals surface area (Å²) in [5.41, 5.74) is 1.09. The van der Waals surface area contributed by atoms with Crippen molar-refractivity contribution in [2.45, 2.75) is 20.3 Å². The van der Waals surface area contributed by atoms with Gasteiger partial charge in [0.15, 0.2) is 0 Å². The van der Waals surface area contributed by atoms with Crippen molar-refractivity contribution in [2.75, 3.05) is 13.1 Å². The molecule has 1 unspecified atom stereocenters. The first kappa shape index (κ1) is 11.8. The highest BCUT2D eigenvalue weighted by atomic mass is 14.8. The molecule has 0 aliphatic rings. The fraction of sp³-hybridized carbons (Fsp3) is 0.429. The maximum Gasteiger partial charge on any atom is 0.0580 e. The van der Waals surface area contributed by atoms with Gasteiger partial charge in [0, 0.05) is 5.56 Å². The molecule has 1 atom stereocenters. The van der Waals surface area contributed by atoms with Crippen LogP contribution in [-0.4, -0.2) is 13.1 Å².